The molecule has 3 nitrogen and oxygen atoms in total. The molecule has 0 N–H and O–H groups in total. The Kier molecular flexibility index (Phi) is 3.38. The smallest absolute Gasteiger partial charge is 0.339 e. The molecular formula is C21H24O3. The highest BCUT2D eigenvalue weighted by atomic mass is 16.4. The molecule has 24 heavy (non-hydrogen) atoms. The Balaban J connectivity index is 2.15. The van der Waals surface area contributed by atoms with Crippen LogP contribution in [-0.2, 0) is 18.3 Å². The van der Waals surface area contributed by atoms with Crippen molar-refractivity contribution in [2.75, 3.05) is 0 Å². The molecule has 0 bridgehead atoms. The summed E-state index contributed by atoms with van der Waals surface area (Å²) >= 11 is 0. The molecular weight excluding hydrogens is 300 g/mol. The summed E-state index contributed by atoms with van der Waals surface area (Å²) < 4.78 is 11.6. The van der Waals surface area contributed by atoms with E-state index in [2.05, 4.69) is 26.8 Å². The molecule has 0 atom stereocenters. The summed E-state index contributed by atoms with van der Waals surface area (Å²) in [6.45, 7) is 8.58. The first-order valence-electron chi connectivity index (χ1n) is 8.88. The molecule has 1 aliphatic carbocycles. The number of aryl methyl sites for hydroxylation is 2. The molecule has 3 aromatic rings. The number of fused-ring (bicyclic) bond motifs is 4. The van der Waals surface area contributed by atoms with Gasteiger partial charge in [-0.25, -0.2) is 4.79 Å². The van der Waals surface area contributed by atoms with Gasteiger partial charge in [0.25, 0.3) is 0 Å². The largest absolute Gasteiger partial charge is 0.464 e. The van der Waals surface area contributed by atoms with Crippen molar-refractivity contribution in [1.29, 1.82) is 0 Å². The second-order valence-electron chi connectivity index (χ2n) is 8.06. The highest BCUT2D eigenvalue weighted by molar-refractivity contribution is 6.00. The van der Waals surface area contributed by atoms with Crippen LogP contribution in [0, 0.1) is 6.92 Å². The van der Waals surface area contributed by atoms with Crippen LogP contribution in [0.15, 0.2) is 26.0 Å². The van der Waals surface area contributed by atoms with Crippen LogP contribution in [0.3, 0.4) is 0 Å². The molecule has 2 heterocycles. The van der Waals surface area contributed by atoms with Gasteiger partial charge in [0, 0.05) is 27.5 Å². The average Bonchev–Trinajstić information content (AvgIpc) is 2.78. The van der Waals surface area contributed by atoms with E-state index in [1.54, 1.807) is 0 Å². The SMILES string of the molecule is Cc1c2occ(C(C)(C)C)c2cc2c3c(c(=O)oc12)CCCCC3. The lowest BCUT2D eigenvalue weighted by Gasteiger charge is -2.17. The lowest BCUT2D eigenvalue weighted by Crippen LogP contribution is -2.12. The third kappa shape index (κ3) is 2.21. The third-order valence-corrected chi connectivity index (χ3v) is 5.34. The van der Waals surface area contributed by atoms with Crippen LogP contribution in [0.25, 0.3) is 21.9 Å². The molecule has 0 unspecified atom stereocenters. The summed E-state index contributed by atoms with van der Waals surface area (Å²) in [5.41, 5.74) is 5.61. The normalized spacial score (nSPS) is 15.7. The van der Waals surface area contributed by atoms with Gasteiger partial charge in [-0.15, -0.1) is 0 Å². The van der Waals surface area contributed by atoms with Crippen molar-refractivity contribution in [3.8, 4) is 0 Å². The minimum absolute atomic E-state index is 0.0118. The minimum Gasteiger partial charge on any atom is -0.464 e. The molecule has 0 amide bonds. The predicted molar refractivity (Wildman–Crippen MR) is 97.0 cm³/mol. The van der Waals surface area contributed by atoms with Gasteiger partial charge in [0.05, 0.1) is 6.26 Å². The van der Waals surface area contributed by atoms with Crippen molar-refractivity contribution in [1.82, 2.24) is 0 Å². The molecule has 3 heteroatoms. The Labute approximate surface area is 141 Å². The monoisotopic (exact) mass is 324 g/mol. The maximum absolute atomic E-state index is 12.5. The van der Waals surface area contributed by atoms with Crippen LogP contribution in [-0.4, -0.2) is 0 Å². The fourth-order valence-corrected chi connectivity index (χ4v) is 4.01. The summed E-state index contributed by atoms with van der Waals surface area (Å²) in [7, 11) is 0. The van der Waals surface area contributed by atoms with Gasteiger partial charge in [-0.05, 0) is 49.7 Å². The molecule has 1 aromatic carbocycles. The lowest BCUT2D eigenvalue weighted by molar-refractivity contribution is 0.541. The summed E-state index contributed by atoms with van der Waals surface area (Å²) in [6.07, 6.45) is 7.04. The molecule has 126 valence electrons. The van der Waals surface area contributed by atoms with Crippen LogP contribution >= 0.6 is 0 Å². The maximum atomic E-state index is 12.5. The maximum Gasteiger partial charge on any atom is 0.339 e. The summed E-state index contributed by atoms with van der Waals surface area (Å²) in [6, 6.07) is 2.19. The van der Waals surface area contributed by atoms with Crippen LogP contribution in [0.4, 0.5) is 0 Å². The predicted octanol–water partition coefficient (Wildman–Crippen LogP) is 5.41. The number of hydrogen-bond acceptors (Lipinski definition) is 3. The molecule has 0 fully saturated rings. The topological polar surface area (TPSA) is 43.4 Å². The second kappa shape index (κ2) is 5.23. The van der Waals surface area contributed by atoms with Crippen molar-refractivity contribution in [2.24, 2.45) is 0 Å². The van der Waals surface area contributed by atoms with Crippen molar-refractivity contribution < 1.29 is 8.83 Å². The molecule has 1 aliphatic rings. The van der Waals surface area contributed by atoms with E-state index in [-0.39, 0.29) is 11.0 Å². The Morgan fingerprint density at radius 3 is 2.38 bits per heavy atom. The van der Waals surface area contributed by atoms with Crippen molar-refractivity contribution in [2.45, 2.75) is 65.2 Å². The van der Waals surface area contributed by atoms with Crippen molar-refractivity contribution in [3.63, 3.8) is 0 Å². The van der Waals surface area contributed by atoms with Crippen LogP contribution in [0.5, 0.6) is 0 Å². The molecule has 0 aliphatic heterocycles. The zero-order valence-electron chi connectivity index (χ0n) is 14.9. The Morgan fingerprint density at radius 1 is 0.958 bits per heavy atom. The average molecular weight is 324 g/mol. The van der Waals surface area contributed by atoms with E-state index in [1.807, 2.05) is 13.2 Å². The first-order chi connectivity index (χ1) is 11.4. The van der Waals surface area contributed by atoms with Crippen LogP contribution < -0.4 is 5.63 Å². The van der Waals surface area contributed by atoms with Gasteiger partial charge in [0.1, 0.15) is 11.2 Å². The molecule has 0 saturated heterocycles. The van der Waals surface area contributed by atoms with Crippen LogP contribution in [0.2, 0.25) is 0 Å². The van der Waals surface area contributed by atoms with Gasteiger partial charge in [-0.1, -0.05) is 27.2 Å². The zero-order valence-corrected chi connectivity index (χ0v) is 14.9. The standard InChI is InChI=1S/C21H24O3/c1-12-18-16(17(11-23-18)21(2,3)4)10-15-13-8-6-5-7-9-14(13)20(22)24-19(12)15/h10-11H,5-9H2,1-4H3. The van der Waals surface area contributed by atoms with Gasteiger partial charge in [0.2, 0.25) is 0 Å². The first-order valence-corrected chi connectivity index (χ1v) is 8.88. The number of hydrogen-bond donors (Lipinski definition) is 0. The first kappa shape index (κ1) is 15.5. The second-order valence-corrected chi connectivity index (χ2v) is 8.06. The summed E-state index contributed by atoms with van der Waals surface area (Å²) in [4.78, 5) is 12.5. The highest BCUT2D eigenvalue weighted by Crippen LogP contribution is 2.38. The van der Waals surface area contributed by atoms with E-state index in [9.17, 15) is 4.79 Å². The van der Waals surface area contributed by atoms with E-state index < -0.39 is 0 Å². The van der Waals surface area contributed by atoms with Crippen molar-refractivity contribution in [3.05, 3.63) is 45.0 Å². The number of rotatable bonds is 0. The van der Waals surface area contributed by atoms with E-state index >= 15 is 0 Å². The molecule has 0 saturated carbocycles. The fraction of sp³-hybridized carbons (Fsp3) is 0.476. The van der Waals surface area contributed by atoms with E-state index in [0.29, 0.717) is 5.58 Å². The summed E-state index contributed by atoms with van der Waals surface area (Å²) in [5, 5.41) is 2.25. The Hall–Kier alpha value is -2.03. The van der Waals surface area contributed by atoms with Crippen molar-refractivity contribution >= 4 is 21.9 Å². The fourth-order valence-electron chi connectivity index (χ4n) is 4.01. The third-order valence-electron chi connectivity index (χ3n) is 5.34. The Morgan fingerprint density at radius 2 is 1.67 bits per heavy atom. The van der Waals surface area contributed by atoms with Gasteiger partial charge >= 0.3 is 5.63 Å². The van der Waals surface area contributed by atoms with E-state index in [1.165, 1.54) is 17.5 Å². The molecule has 4 rings (SSSR count). The van der Waals surface area contributed by atoms with E-state index in [4.69, 9.17) is 8.83 Å². The van der Waals surface area contributed by atoms with Gasteiger partial charge < -0.3 is 8.83 Å². The Bertz CT molecular complexity index is 996. The molecule has 2 aromatic heterocycles. The van der Waals surface area contributed by atoms with E-state index in [0.717, 1.165) is 53.2 Å². The number of benzene rings is 1. The molecule has 0 spiro atoms. The van der Waals surface area contributed by atoms with Gasteiger partial charge in [0.15, 0.2) is 0 Å². The molecule has 0 radical (unpaired) electrons. The highest BCUT2D eigenvalue weighted by Gasteiger charge is 2.24. The summed E-state index contributed by atoms with van der Waals surface area (Å²) in [5.74, 6) is 0. The zero-order chi connectivity index (χ0) is 17.1. The minimum atomic E-state index is -0.163. The van der Waals surface area contributed by atoms with Gasteiger partial charge in [-0.3, -0.25) is 0 Å². The quantitative estimate of drug-likeness (QED) is 0.410. The lowest BCUT2D eigenvalue weighted by atomic mass is 9.86. The van der Waals surface area contributed by atoms with Gasteiger partial charge in [-0.2, -0.15) is 0 Å². The van der Waals surface area contributed by atoms with Crippen LogP contribution in [0.1, 0.15) is 62.3 Å². The number of furan rings is 1.